The quantitative estimate of drug-likeness (QED) is 0.596. The first-order valence-corrected chi connectivity index (χ1v) is 11.9. The minimum Gasteiger partial charge on any atom is -0.496 e. The molecule has 1 saturated heterocycles. The molecule has 3 aromatic carbocycles. The number of nitrogens with one attached hydrogen (secondary N) is 1. The Balaban J connectivity index is 1.37. The molecule has 4 rings (SSSR count). The summed E-state index contributed by atoms with van der Waals surface area (Å²) in [5.41, 5.74) is 3.65. The van der Waals surface area contributed by atoms with E-state index in [0.717, 1.165) is 36.4 Å². The van der Waals surface area contributed by atoms with Gasteiger partial charge in [-0.25, -0.2) is 13.1 Å². The van der Waals surface area contributed by atoms with Crippen LogP contribution in [0.3, 0.4) is 0 Å². The van der Waals surface area contributed by atoms with Gasteiger partial charge in [0.2, 0.25) is 10.0 Å². The van der Waals surface area contributed by atoms with E-state index in [-0.39, 0.29) is 10.9 Å². The van der Waals surface area contributed by atoms with E-state index >= 15 is 0 Å². The van der Waals surface area contributed by atoms with E-state index in [1.165, 1.54) is 17.7 Å². The first-order chi connectivity index (χ1) is 15.5. The average molecular weight is 448 g/mol. The lowest BCUT2D eigenvalue weighted by Gasteiger charge is -2.17. The van der Waals surface area contributed by atoms with E-state index in [2.05, 4.69) is 33.9 Å². The Bertz CT molecular complexity index is 1230. The molecule has 7 heteroatoms. The summed E-state index contributed by atoms with van der Waals surface area (Å²) in [4.78, 5) is 2.37. The van der Waals surface area contributed by atoms with Gasteiger partial charge in [-0.1, -0.05) is 48.5 Å². The van der Waals surface area contributed by atoms with E-state index < -0.39 is 10.0 Å². The lowest BCUT2D eigenvalue weighted by molar-refractivity contribution is 0.324. The van der Waals surface area contributed by atoms with Crippen molar-refractivity contribution in [2.45, 2.75) is 23.9 Å². The average Bonchev–Trinajstić information content (AvgIpc) is 3.25. The van der Waals surface area contributed by atoms with Crippen molar-refractivity contribution in [3.63, 3.8) is 0 Å². The second-order valence-corrected chi connectivity index (χ2v) is 9.59. The third-order valence-corrected chi connectivity index (χ3v) is 7.16. The standard InChI is InChI=1S/C25H25N3O3S/c1-31-25-8-3-2-7-24(25)21-11-9-19(10-12-21)17-28-14-13-22(18-28)27-32(29,30)23-6-4-5-20(15-23)16-26/h2-12,15,22,27H,13-14,17-18H2,1H3/t22-/m1/s1. The zero-order valence-electron chi connectivity index (χ0n) is 17.9. The third-order valence-electron chi connectivity index (χ3n) is 5.65. The molecule has 0 amide bonds. The maximum absolute atomic E-state index is 12.7. The molecule has 0 aromatic heterocycles. The summed E-state index contributed by atoms with van der Waals surface area (Å²) in [5.74, 6) is 0.843. The molecule has 1 aliphatic heterocycles. The van der Waals surface area contributed by atoms with E-state index in [1.807, 2.05) is 30.3 Å². The molecule has 0 spiro atoms. The SMILES string of the molecule is COc1ccccc1-c1ccc(CN2CC[C@@H](NS(=O)(=O)c3cccc(C#N)c3)C2)cc1. The maximum atomic E-state index is 12.7. The molecule has 0 bridgehead atoms. The minimum atomic E-state index is -3.66. The molecule has 3 aromatic rings. The van der Waals surface area contributed by atoms with E-state index in [9.17, 15) is 8.42 Å². The Morgan fingerprint density at radius 2 is 1.88 bits per heavy atom. The Hall–Kier alpha value is -3.18. The normalized spacial score (nSPS) is 16.6. The Morgan fingerprint density at radius 3 is 2.62 bits per heavy atom. The fourth-order valence-electron chi connectivity index (χ4n) is 4.02. The van der Waals surface area contributed by atoms with E-state index in [0.29, 0.717) is 12.1 Å². The molecule has 1 N–H and O–H groups in total. The zero-order chi connectivity index (χ0) is 22.6. The molecule has 1 fully saturated rings. The molecule has 1 atom stereocenters. The second-order valence-electron chi connectivity index (χ2n) is 7.88. The van der Waals surface area contributed by atoms with Gasteiger partial charge in [0.1, 0.15) is 5.75 Å². The van der Waals surface area contributed by atoms with Crippen LogP contribution in [0, 0.1) is 11.3 Å². The van der Waals surface area contributed by atoms with Crippen molar-refractivity contribution in [3.8, 4) is 22.9 Å². The van der Waals surface area contributed by atoms with Gasteiger partial charge in [-0.3, -0.25) is 4.90 Å². The summed E-state index contributed by atoms with van der Waals surface area (Å²) in [6.45, 7) is 2.22. The van der Waals surface area contributed by atoms with Crippen LogP contribution >= 0.6 is 0 Å². The van der Waals surface area contributed by atoms with Gasteiger partial charge in [0.15, 0.2) is 0 Å². The molecular formula is C25H25N3O3S. The molecule has 0 aliphatic carbocycles. The lowest BCUT2D eigenvalue weighted by Crippen LogP contribution is -2.37. The third kappa shape index (κ3) is 5.00. The van der Waals surface area contributed by atoms with Gasteiger partial charge < -0.3 is 4.74 Å². The predicted octanol–water partition coefficient (Wildman–Crippen LogP) is 3.79. The van der Waals surface area contributed by atoms with E-state index in [1.54, 1.807) is 19.2 Å². The number of para-hydroxylation sites is 1. The van der Waals surface area contributed by atoms with Crippen LogP contribution in [0.5, 0.6) is 5.75 Å². The van der Waals surface area contributed by atoms with Crippen molar-refractivity contribution in [3.05, 3.63) is 83.9 Å². The molecular weight excluding hydrogens is 422 g/mol. The summed E-state index contributed by atoms with van der Waals surface area (Å²) >= 11 is 0. The summed E-state index contributed by atoms with van der Waals surface area (Å²) in [7, 11) is -1.98. The maximum Gasteiger partial charge on any atom is 0.240 e. The summed E-state index contributed by atoms with van der Waals surface area (Å²) < 4.78 is 33.6. The van der Waals surface area contributed by atoms with E-state index in [4.69, 9.17) is 10.00 Å². The molecule has 6 nitrogen and oxygen atoms in total. The van der Waals surface area contributed by atoms with Gasteiger partial charge in [-0.2, -0.15) is 5.26 Å². The molecule has 0 radical (unpaired) electrons. The van der Waals surface area contributed by atoms with Crippen LogP contribution in [0.25, 0.3) is 11.1 Å². The van der Waals surface area contributed by atoms with Crippen LogP contribution < -0.4 is 9.46 Å². The molecule has 0 saturated carbocycles. The highest BCUT2D eigenvalue weighted by molar-refractivity contribution is 7.89. The number of hydrogen-bond acceptors (Lipinski definition) is 5. The van der Waals surface area contributed by atoms with Crippen molar-refractivity contribution in [2.24, 2.45) is 0 Å². The van der Waals surface area contributed by atoms with Gasteiger partial charge in [-0.05, 0) is 41.8 Å². The van der Waals surface area contributed by atoms with Gasteiger partial charge in [0, 0.05) is 31.2 Å². The number of nitrogens with zero attached hydrogens (tertiary/aromatic N) is 2. The number of likely N-dealkylation sites (tertiary alicyclic amines) is 1. The van der Waals surface area contributed by atoms with Crippen LogP contribution in [-0.4, -0.2) is 39.6 Å². The summed E-state index contributed by atoms with van der Waals surface area (Å²) in [5, 5.41) is 9.02. The second kappa shape index (κ2) is 9.53. The number of methoxy groups -OCH3 is 1. The van der Waals surface area contributed by atoms with Crippen LogP contribution in [0.1, 0.15) is 17.5 Å². The van der Waals surface area contributed by atoms with Gasteiger partial charge in [0.05, 0.1) is 23.6 Å². The number of nitriles is 1. The number of ether oxygens (including phenoxy) is 1. The van der Waals surface area contributed by atoms with Crippen molar-refractivity contribution >= 4 is 10.0 Å². The van der Waals surface area contributed by atoms with Gasteiger partial charge >= 0.3 is 0 Å². The fourth-order valence-corrected chi connectivity index (χ4v) is 5.33. The highest BCUT2D eigenvalue weighted by Gasteiger charge is 2.27. The predicted molar refractivity (Wildman–Crippen MR) is 124 cm³/mol. The monoisotopic (exact) mass is 447 g/mol. The van der Waals surface area contributed by atoms with Crippen LogP contribution in [0.2, 0.25) is 0 Å². The van der Waals surface area contributed by atoms with Crippen LogP contribution in [0.4, 0.5) is 0 Å². The topological polar surface area (TPSA) is 82.4 Å². The minimum absolute atomic E-state index is 0.127. The first-order valence-electron chi connectivity index (χ1n) is 10.5. The van der Waals surface area contributed by atoms with Crippen molar-refractivity contribution in [2.75, 3.05) is 20.2 Å². The molecule has 0 unspecified atom stereocenters. The zero-order valence-corrected chi connectivity index (χ0v) is 18.7. The lowest BCUT2D eigenvalue weighted by atomic mass is 10.0. The van der Waals surface area contributed by atoms with Crippen LogP contribution in [0.15, 0.2) is 77.7 Å². The molecule has 164 valence electrons. The molecule has 32 heavy (non-hydrogen) atoms. The van der Waals surface area contributed by atoms with Crippen molar-refractivity contribution in [1.82, 2.24) is 9.62 Å². The van der Waals surface area contributed by atoms with Crippen LogP contribution in [-0.2, 0) is 16.6 Å². The Kier molecular flexibility index (Phi) is 6.56. The Morgan fingerprint density at radius 1 is 1.09 bits per heavy atom. The summed E-state index contributed by atoms with van der Waals surface area (Å²) in [6.07, 6.45) is 0.746. The highest BCUT2D eigenvalue weighted by Crippen LogP contribution is 2.30. The summed E-state index contributed by atoms with van der Waals surface area (Å²) in [6, 6.07) is 24.2. The number of hydrogen-bond donors (Lipinski definition) is 1. The molecule has 1 aliphatic rings. The van der Waals surface area contributed by atoms with Gasteiger partial charge in [0.25, 0.3) is 0 Å². The Labute approximate surface area is 189 Å². The number of rotatable bonds is 7. The van der Waals surface area contributed by atoms with Crippen molar-refractivity contribution < 1.29 is 13.2 Å². The number of benzene rings is 3. The van der Waals surface area contributed by atoms with Gasteiger partial charge in [-0.15, -0.1) is 0 Å². The fraction of sp³-hybridized carbons (Fsp3) is 0.240. The number of sulfonamides is 1. The largest absolute Gasteiger partial charge is 0.496 e. The molecule has 1 heterocycles. The smallest absolute Gasteiger partial charge is 0.240 e. The first kappa shape index (κ1) is 22.0. The highest BCUT2D eigenvalue weighted by atomic mass is 32.2. The van der Waals surface area contributed by atoms with Crippen molar-refractivity contribution in [1.29, 1.82) is 5.26 Å².